The van der Waals surface area contributed by atoms with Crippen LogP contribution in [0, 0.1) is 0 Å². The van der Waals surface area contributed by atoms with E-state index >= 15 is 0 Å². The topological polar surface area (TPSA) is 210 Å². The maximum atomic E-state index is 11.8. The third-order valence-corrected chi connectivity index (χ3v) is 5.80. The minimum absolute atomic E-state index is 0.00117. The number of rotatable bonds is 7. The van der Waals surface area contributed by atoms with Crippen molar-refractivity contribution in [3.05, 3.63) is 0 Å². The summed E-state index contributed by atoms with van der Waals surface area (Å²) in [7, 11) is -17.0. The van der Waals surface area contributed by atoms with E-state index in [4.69, 9.17) is 24.3 Å². The van der Waals surface area contributed by atoms with E-state index in [9.17, 15) is 23.9 Å². The van der Waals surface area contributed by atoms with Crippen LogP contribution in [0.15, 0.2) is 0 Å². The van der Waals surface area contributed by atoms with Gasteiger partial charge in [0.15, 0.2) is 0 Å². The molecular formula is C5H13O13P3. The minimum Gasteiger partial charge on any atom is -0.370 e. The third kappa shape index (κ3) is 6.93. The Bertz CT molecular complexity index is 468. The summed E-state index contributed by atoms with van der Waals surface area (Å²) >= 11 is 0. The van der Waals surface area contributed by atoms with E-state index in [-0.39, 0.29) is 13.0 Å². The van der Waals surface area contributed by atoms with E-state index in [1.165, 1.54) is 0 Å². The fourth-order valence-electron chi connectivity index (χ4n) is 1.41. The summed E-state index contributed by atoms with van der Waals surface area (Å²) in [5, 5.41) is 19.0. The first kappa shape index (κ1) is 19.3. The van der Waals surface area contributed by atoms with Gasteiger partial charge in [0, 0.05) is 6.61 Å². The lowest BCUT2D eigenvalue weighted by Crippen LogP contribution is -2.43. The maximum absolute atomic E-state index is 11.8. The van der Waals surface area contributed by atoms with Crippen LogP contribution in [0.3, 0.4) is 0 Å². The largest absolute Gasteiger partial charge is 0.497 e. The van der Waals surface area contributed by atoms with Crippen molar-refractivity contribution in [2.45, 2.75) is 24.9 Å². The molecule has 0 spiro atoms. The van der Waals surface area contributed by atoms with Gasteiger partial charge in [-0.3, -0.25) is 0 Å². The van der Waals surface area contributed by atoms with E-state index in [1.54, 1.807) is 0 Å². The molecule has 0 saturated carbocycles. The lowest BCUT2D eigenvalue weighted by molar-refractivity contribution is -0.341. The summed E-state index contributed by atoms with van der Waals surface area (Å²) in [5.41, 5.74) is 0. The molecule has 0 radical (unpaired) electrons. The van der Waals surface area contributed by atoms with Gasteiger partial charge in [0.25, 0.3) is 0 Å². The molecule has 126 valence electrons. The van der Waals surface area contributed by atoms with Gasteiger partial charge in [-0.25, -0.2) is 18.2 Å². The van der Waals surface area contributed by atoms with Crippen LogP contribution in [0.2, 0.25) is 0 Å². The zero-order chi connectivity index (χ0) is 16.5. The third-order valence-electron chi connectivity index (χ3n) is 2.01. The standard InChI is InChI=1S/C5H13O13P3/c6-5(7,4-2-1-3-15-4)16-21(14,17-19(8,9)10)18-20(11,12)13/h4,6-7H,1-3H2,(H2,8,9,10)(H2,11,12,13). The summed E-state index contributed by atoms with van der Waals surface area (Å²) in [6, 6.07) is 0. The summed E-state index contributed by atoms with van der Waals surface area (Å²) in [6.07, 6.45) is -1.13. The molecule has 0 aromatic heterocycles. The number of ether oxygens (including phenoxy) is 1. The zero-order valence-corrected chi connectivity index (χ0v) is 12.8. The molecule has 1 aliphatic heterocycles. The molecule has 1 atom stereocenters. The average molecular weight is 374 g/mol. The van der Waals surface area contributed by atoms with Gasteiger partial charge in [0.05, 0.1) is 0 Å². The van der Waals surface area contributed by atoms with Gasteiger partial charge in [-0.05, 0) is 12.8 Å². The van der Waals surface area contributed by atoms with Crippen molar-refractivity contribution in [1.82, 2.24) is 0 Å². The van der Waals surface area contributed by atoms with Crippen molar-refractivity contribution in [1.29, 1.82) is 0 Å². The van der Waals surface area contributed by atoms with Crippen LogP contribution in [-0.4, -0.2) is 48.5 Å². The Morgan fingerprint density at radius 2 is 1.48 bits per heavy atom. The Morgan fingerprint density at radius 3 is 1.81 bits per heavy atom. The van der Waals surface area contributed by atoms with Crippen molar-refractivity contribution < 1.29 is 61.4 Å². The molecular weight excluding hydrogens is 361 g/mol. The summed E-state index contributed by atoms with van der Waals surface area (Å²) in [5.74, 6) is -3.42. The number of hydrogen-bond donors (Lipinski definition) is 6. The van der Waals surface area contributed by atoms with Crippen LogP contribution >= 0.6 is 23.5 Å². The van der Waals surface area contributed by atoms with Crippen molar-refractivity contribution in [2.24, 2.45) is 0 Å². The molecule has 6 N–H and O–H groups in total. The number of phosphoric acid groups is 3. The Kier molecular flexibility index (Phi) is 5.91. The van der Waals surface area contributed by atoms with E-state index in [0.29, 0.717) is 6.42 Å². The minimum atomic E-state index is -5.74. The molecule has 0 aromatic rings. The van der Waals surface area contributed by atoms with E-state index in [1.807, 2.05) is 0 Å². The van der Waals surface area contributed by atoms with Crippen LogP contribution in [0.5, 0.6) is 0 Å². The normalized spacial score (nSPS) is 21.7. The van der Waals surface area contributed by atoms with Crippen LogP contribution in [0.1, 0.15) is 12.8 Å². The molecule has 0 amide bonds. The summed E-state index contributed by atoms with van der Waals surface area (Å²) < 4.78 is 48.8. The average Bonchev–Trinajstić information content (AvgIpc) is 2.59. The second kappa shape index (κ2) is 6.42. The number of hydrogen-bond acceptors (Lipinski definition) is 9. The van der Waals surface area contributed by atoms with Crippen LogP contribution < -0.4 is 0 Å². The Hall–Kier alpha value is 0.290. The van der Waals surface area contributed by atoms with Gasteiger partial charge in [-0.15, -0.1) is 0 Å². The first-order valence-electron chi connectivity index (χ1n) is 5.13. The van der Waals surface area contributed by atoms with Crippen LogP contribution in [0.25, 0.3) is 0 Å². The lowest BCUT2D eigenvalue weighted by atomic mass is 10.2. The SMILES string of the molecule is O=P(O)(O)OP(=O)(OC(O)(O)C1CCCO1)OP(=O)(O)O. The molecule has 13 nitrogen and oxygen atoms in total. The molecule has 16 heteroatoms. The summed E-state index contributed by atoms with van der Waals surface area (Å²) in [6.45, 7) is 0.0832. The highest BCUT2D eigenvalue weighted by molar-refractivity contribution is 7.66. The Balaban J connectivity index is 2.98. The second-order valence-electron chi connectivity index (χ2n) is 3.84. The van der Waals surface area contributed by atoms with Crippen LogP contribution in [0.4, 0.5) is 0 Å². The number of aliphatic hydroxyl groups is 2. The van der Waals surface area contributed by atoms with Crippen LogP contribution in [-0.2, 0) is 31.6 Å². The molecule has 1 rings (SSSR count). The maximum Gasteiger partial charge on any atom is 0.497 e. The monoisotopic (exact) mass is 374 g/mol. The highest BCUT2D eigenvalue weighted by Gasteiger charge is 2.51. The van der Waals surface area contributed by atoms with Gasteiger partial charge in [-0.1, -0.05) is 0 Å². The molecule has 1 fully saturated rings. The molecule has 0 aromatic carbocycles. The highest BCUT2D eigenvalue weighted by atomic mass is 31.3. The fourth-order valence-corrected chi connectivity index (χ4v) is 4.59. The van der Waals surface area contributed by atoms with Crippen molar-refractivity contribution in [3.8, 4) is 0 Å². The molecule has 1 unspecified atom stereocenters. The highest BCUT2D eigenvalue weighted by Crippen LogP contribution is 2.69. The molecule has 21 heavy (non-hydrogen) atoms. The quantitative estimate of drug-likeness (QED) is 0.237. The zero-order valence-electron chi connectivity index (χ0n) is 10.1. The fraction of sp³-hybridized carbons (Fsp3) is 1.00. The van der Waals surface area contributed by atoms with Crippen molar-refractivity contribution in [3.63, 3.8) is 0 Å². The van der Waals surface area contributed by atoms with Crippen molar-refractivity contribution >= 4 is 23.5 Å². The predicted octanol–water partition coefficient (Wildman–Crippen LogP) is -0.853. The van der Waals surface area contributed by atoms with Gasteiger partial charge >= 0.3 is 29.4 Å². The lowest BCUT2D eigenvalue weighted by Gasteiger charge is -2.29. The van der Waals surface area contributed by atoms with Gasteiger partial charge in [0.1, 0.15) is 6.10 Å². The Morgan fingerprint density at radius 1 is 1.00 bits per heavy atom. The van der Waals surface area contributed by atoms with E-state index in [2.05, 4.69) is 13.1 Å². The van der Waals surface area contributed by atoms with Crippen molar-refractivity contribution in [2.75, 3.05) is 6.61 Å². The summed E-state index contributed by atoms with van der Waals surface area (Å²) in [4.78, 5) is 34.1. The molecule has 1 saturated heterocycles. The molecule has 0 aliphatic carbocycles. The van der Waals surface area contributed by atoms with E-state index in [0.717, 1.165) is 0 Å². The smallest absolute Gasteiger partial charge is 0.370 e. The molecule has 1 aliphatic rings. The second-order valence-corrected chi connectivity index (χ2v) is 8.19. The predicted molar refractivity (Wildman–Crippen MR) is 61.1 cm³/mol. The molecule has 1 heterocycles. The van der Waals surface area contributed by atoms with Gasteiger partial charge in [0.2, 0.25) is 0 Å². The van der Waals surface area contributed by atoms with E-state index < -0.39 is 35.5 Å². The Labute approximate surface area is 117 Å². The van der Waals surface area contributed by atoms with Gasteiger partial charge in [-0.2, -0.15) is 8.62 Å². The first-order valence-corrected chi connectivity index (χ1v) is 9.65. The first-order chi connectivity index (χ1) is 9.23. The van der Waals surface area contributed by atoms with Gasteiger partial charge < -0.3 is 34.5 Å². The molecule has 0 bridgehead atoms.